The molecular weight excluding hydrogens is 316 g/mol. The molecule has 0 aromatic carbocycles. The summed E-state index contributed by atoms with van der Waals surface area (Å²) >= 11 is 0. The molecule has 1 aliphatic carbocycles. The summed E-state index contributed by atoms with van der Waals surface area (Å²) in [5, 5.41) is 0. The summed E-state index contributed by atoms with van der Waals surface area (Å²) in [5.41, 5.74) is 0.729. The number of ether oxygens (including phenoxy) is 4. The highest BCUT2D eigenvalue weighted by Gasteiger charge is 2.31. The van der Waals surface area contributed by atoms with E-state index in [4.69, 9.17) is 18.9 Å². The van der Waals surface area contributed by atoms with Gasteiger partial charge in [0.25, 0.3) is 0 Å². The van der Waals surface area contributed by atoms with Crippen LogP contribution in [0.4, 0.5) is 0 Å². The van der Waals surface area contributed by atoms with E-state index in [0.717, 1.165) is 12.5 Å². The molecule has 1 aliphatic heterocycles. The van der Waals surface area contributed by atoms with Gasteiger partial charge >= 0.3 is 17.9 Å². The highest BCUT2D eigenvalue weighted by Crippen LogP contribution is 2.31. The van der Waals surface area contributed by atoms with Crippen LogP contribution >= 0.6 is 0 Å². The van der Waals surface area contributed by atoms with E-state index in [-0.39, 0.29) is 31.8 Å². The van der Waals surface area contributed by atoms with Crippen molar-refractivity contribution in [3.63, 3.8) is 0 Å². The summed E-state index contributed by atoms with van der Waals surface area (Å²) < 4.78 is 20.0. The summed E-state index contributed by atoms with van der Waals surface area (Å²) in [4.78, 5) is 35.3. The lowest BCUT2D eigenvalue weighted by molar-refractivity contribution is -0.147. The van der Waals surface area contributed by atoms with Crippen molar-refractivity contribution in [1.82, 2.24) is 0 Å². The average Bonchev–Trinajstić information content (AvgIpc) is 3.40. The normalized spacial score (nSPS) is 22.5. The molecule has 0 radical (unpaired) electrons. The molecule has 0 N–H and O–H groups in total. The fourth-order valence-electron chi connectivity index (χ4n) is 2.39. The van der Waals surface area contributed by atoms with Crippen LogP contribution in [-0.2, 0) is 33.3 Å². The molecule has 0 aromatic heterocycles. The smallest absolute Gasteiger partial charge is 0.334 e. The van der Waals surface area contributed by atoms with Crippen LogP contribution in [0, 0.1) is 5.92 Å². The number of hydrogen-bond acceptors (Lipinski definition) is 7. The van der Waals surface area contributed by atoms with Crippen LogP contribution in [0.15, 0.2) is 23.8 Å². The second-order valence-corrected chi connectivity index (χ2v) is 5.87. The maximum atomic E-state index is 12.3. The summed E-state index contributed by atoms with van der Waals surface area (Å²) in [6, 6.07) is 0. The Bertz CT molecular complexity index is 545. The fourth-order valence-corrected chi connectivity index (χ4v) is 2.39. The van der Waals surface area contributed by atoms with Crippen LogP contribution < -0.4 is 0 Å². The Morgan fingerprint density at radius 3 is 2.50 bits per heavy atom. The van der Waals surface area contributed by atoms with E-state index < -0.39 is 17.9 Å². The van der Waals surface area contributed by atoms with Gasteiger partial charge in [-0.2, -0.15) is 0 Å². The molecule has 0 spiro atoms. The molecule has 132 valence electrons. The lowest BCUT2D eigenvalue weighted by atomic mass is 9.85. The van der Waals surface area contributed by atoms with Gasteiger partial charge in [-0.3, -0.25) is 0 Å². The molecule has 0 amide bonds. The van der Waals surface area contributed by atoms with Crippen LogP contribution in [0.25, 0.3) is 0 Å². The summed E-state index contributed by atoms with van der Waals surface area (Å²) in [6.45, 7) is 5.96. The summed E-state index contributed by atoms with van der Waals surface area (Å²) in [5.74, 6) is -1.34. The molecule has 7 heteroatoms. The zero-order valence-corrected chi connectivity index (χ0v) is 13.7. The topological polar surface area (TPSA) is 91.4 Å². The molecular formula is C17H22O7. The highest BCUT2D eigenvalue weighted by molar-refractivity contribution is 6.00. The average molecular weight is 338 g/mol. The Labute approximate surface area is 140 Å². The molecule has 2 unspecified atom stereocenters. The van der Waals surface area contributed by atoms with Crippen molar-refractivity contribution in [2.45, 2.75) is 32.3 Å². The van der Waals surface area contributed by atoms with Crippen LogP contribution in [0.5, 0.6) is 0 Å². The monoisotopic (exact) mass is 338 g/mol. The summed E-state index contributed by atoms with van der Waals surface area (Å²) in [6.07, 6.45) is 2.78. The standard InChI is InChI=1S/C17H22O7/c1-3-15(18)21-6-7-22-17(20)14-8-11(2)4-5-13(14)16(19)24-10-12-9-23-12/h3,11-12H,1,4-10H2,2H3. The number of epoxide rings is 1. The zero-order chi connectivity index (χ0) is 17.5. The maximum absolute atomic E-state index is 12.3. The molecule has 24 heavy (non-hydrogen) atoms. The zero-order valence-electron chi connectivity index (χ0n) is 13.7. The second-order valence-electron chi connectivity index (χ2n) is 5.87. The predicted octanol–water partition coefficient (Wildman–Crippen LogP) is 1.32. The van der Waals surface area contributed by atoms with Crippen LogP contribution in [0.2, 0.25) is 0 Å². The van der Waals surface area contributed by atoms with E-state index >= 15 is 0 Å². The molecule has 0 bridgehead atoms. The van der Waals surface area contributed by atoms with Crippen LogP contribution in [0.1, 0.15) is 26.2 Å². The van der Waals surface area contributed by atoms with Gasteiger partial charge in [0.1, 0.15) is 25.9 Å². The Balaban J connectivity index is 1.92. The van der Waals surface area contributed by atoms with Gasteiger partial charge < -0.3 is 18.9 Å². The van der Waals surface area contributed by atoms with E-state index in [2.05, 4.69) is 6.58 Å². The molecule has 1 heterocycles. The number of esters is 3. The van der Waals surface area contributed by atoms with Gasteiger partial charge in [-0.15, -0.1) is 0 Å². The number of carbonyl (C=O) groups excluding carboxylic acids is 3. The second kappa shape index (κ2) is 8.63. The lowest BCUT2D eigenvalue weighted by Gasteiger charge is -2.22. The molecule has 2 rings (SSSR count). The van der Waals surface area contributed by atoms with Gasteiger partial charge in [-0.05, 0) is 25.2 Å². The minimum atomic E-state index is -0.580. The molecule has 0 aromatic rings. The van der Waals surface area contributed by atoms with Crippen LogP contribution in [0.3, 0.4) is 0 Å². The van der Waals surface area contributed by atoms with E-state index in [9.17, 15) is 14.4 Å². The first kappa shape index (κ1) is 18.2. The van der Waals surface area contributed by atoms with Crippen molar-refractivity contribution in [2.75, 3.05) is 26.4 Å². The van der Waals surface area contributed by atoms with Crippen molar-refractivity contribution < 1.29 is 33.3 Å². The molecule has 1 saturated heterocycles. The number of carbonyl (C=O) groups is 3. The van der Waals surface area contributed by atoms with Crippen molar-refractivity contribution in [1.29, 1.82) is 0 Å². The summed E-state index contributed by atoms with van der Waals surface area (Å²) in [7, 11) is 0. The third-order valence-electron chi connectivity index (χ3n) is 3.83. The Hall–Kier alpha value is -2.15. The van der Waals surface area contributed by atoms with E-state index in [1.54, 1.807) is 0 Å². The fraction of sp³-hybridized carbons (Fsp3) is 0.588. The van der Waals surface area contributed by atoms with E-state index in [0.29, 0.717) is 30.6 Å². The minimum absolute atomic E-state index is 0.0213. The minimum Gasteiger partial charge on any atom is -0.459 e. The van der Waals surface area contributed by atoms with E-state index in [1.807, 2.05) is 6.92 Å². The van der Waals surface area contributed by atoms with Gasteiger partial charge in [0, 0.05) is 17.2 Å². The molecule has 2 aliphatic rings. The Kier molecular flexibility index (Phi) is 6.54. The Morgan fingerprint density at radius 2 is 1.83 bits per heavy atom. The maximum Gasteiger partial charge on any atom is 0.334 e. The third-order valence-corrected chi connectivity index (χ3v) is 3.83. The van der Waals surface area contributed by atoms with Crippen molar-refractivity contribution in [2.24, 2.45) is 5.92 Å². The molecule has 1 fully saturated rings. The molecule has 0 saturated carbocycles. The highest BCUT2D eigenvalue weighted by atomic mass is 16.6. The first-order valence-corrected chi connectivity index (χ1v) is 7.98. The van der Waals surface area contributed by atoms with Gasteiger partial charge in [-0.1, -0.05) is 13.5 Å². The quantitative estimate of drug-likeness (QED) is 0.217. The van der Waals surface area contributed by atoms with Crippen molar-refractivity contribution in [3.05, 3.63) is 23.8 Å². The largest absolute Gasteiger partial charge is 0.459 e. The molecule has 2 atom stereocenters. The first-order valence-electron chi connectivity index (χ1n) is 7.98. The third kappa shape index (κ3) is 5.49. The first-order chi connectivity index (χ1) is 11.5. The Morgan fingerprint density at radius 1 is 1.17 bits per heavy atom. The van der Waals surface area contributed by atoms with Gasteiger partial charge in [-0.25, -0.2) is 14.4 Å². The number of hydrogen-bond donors (Lipinski definition) is 0. The predicted molar refractivity (Wildman–Crippen MR) is 82.9 cm³/mol. The van der Waals surface area contributed by atoms with Gasteiger partial charge in [0.05, 0.1) is 6.61 Å². The van der Waals surface area contributed by atoms with Crippen molar-refractivity contribution >= 4 is 17.9 Å². The number of rotatable bonds is 8. The lowest BCUT2D eigenvalue weighted by Crippen LogP contribution is -2.24. The van der Waals surface area contributed by atoms with E-state index in [1.165, 1.54) is 0 Å². The van der Waals surface area contributed by atoms with Crippen LogP contribution in [-0.4, -0.2) is 50.4 Å². The SMILES string of the molecule is C=CC(=O)OCCOC(=O)C1=C(C(=O)OCC2CO2)CCC(C)C1. The molecule has 7 nitrogen and oxygen atoms in total. The van der Waals surface area contributed by atoms with Gasteiger partial charge in [0.2, 0.25) is 0 Å². The van der Waals surface area contributed by atoms with Crippen molar-refractivity contribution in [3.8, 4) is 0 Å². The van der Waals surface area contributed by atoms with Gasteiger partial charge in [0.15, 0.2) is 0 Å².